The maximum atomic E-state index is 12.0. The molecule has 0 saturated carbocycles. The minimum absolute atomic E-state index is 0.141. The van der Waals surface area contributed by atoms with Crippen molar-refractivity contribution < 1.29 is 23.8 Å². The van der Waals surface area contributed by atoms with Crippen LogP contribution in [0.1, 0.15) is 17.5 Å². The van der Waals surface area contributed by atoms with Crippen LogP contribution in [0.3, 0.4) is 0 Å². The summed E-state index contributed by atoms with van der Waals surface area (Å²) in [5.74, 6) is 0.692. The third-order valence-corrected chi connectivity index (χ3v) is 3.52. The SMILES string of the molecule is COC(=O)COc1ccc(NC(=O)CCOc2cc(C)cc(C)c2)cc1. The van der Waals surface area contributed by atoms with Gasteiger partial charge in [-0.1, -0.05) is 6.07 Å². The van der Waals surface area contributed by atoms with Gasteiger partial charge in [0.15, 0.2) is 6.61 Å². The van der Waals surface area contributed by atoms with Crippen molar-refractivity contribution in [2.75, 3.05) is 25.6 Å². The number of hydrogen-bond acceptors (Lipinski definition) is 5. The Balaban J connectivity index is 1.76. The summed E-state index contributed by atoms with van der Waals surface area (Å²) in [6.07, 6.45) is 0.244. The van der Waals surface area contributed by atoms with Crippen molar-refractivity contribution in [1.29, 1.82) is 0 Å². The molecule has 0 aliphatic rings. The maximum absolute atomic E-state index is 12.0. The minimum Gasteiger partial charge on any atom is -0.493 e. The molecule has 138 valence electrons. The Bertz CT molecular complexity index is 735. The highest BCUT2D eigenvalue weighted by Gasteiger charge is 2.05. The summed E-state index contributed by atoms with van der Waals surface area (Å²) < 4.78 is 15.4. The molecule has 0 unspecified atom stereocenters. The highest BCUT2D eigenvalue weighted by molar-refractivity contribution is 5.90. The molecule has 6 heteroatoms. The molecule has 0 spiro atoms. The van der Waals surface area contributed by atoms with Gasteiger partial charge in [-0.2, -0.15) is 0 Å². The van der Waals surface area contributed by atoms with E-state index in [9.17, 15) is 9.59 Å². The van der Waals surface area contributed by atoms with E-state index in [0.717, 1.165) is 16.9 Å². The van der Waals surface area contributed by atoms with E-state index in [1.807, 2.05) is 26.0 Å². The van der Waals surface area contributed by atoms with Gasteiger partial charge < -0.3 is 19.5 Å². The van der Waals surface area contributed by atoms with Gasteiger partial charge in [-0.25, -0.2) is 4.79 Å². The van der Waals surface area contributed by atoms with E-state index in [4.69, 9.17) is 9.47 Å². The van der Waals surface area contributed by atoms with E-state index >= 15 is 0 Å². The number of hydrogen-bond donors (Lipinski definition) is 1. The van der Waals surface area contributed by atoms with Crippen LogP contribution in [-0.2, 0) is 14.3 Å². The fourth-order valence-corrected chi connectivity index (χ4v) is 2.34. The van der Waals surface area contributed by atoms with Gasteiger partial charge in [-0.3, -0.25) is 4.79 Å². The van der Waals surface area contributed by atoms with Crippen LogP contribution in [0.25, 0.3) is 0 Å². The summed E-state index contributed by atoms with van der Waals surface area (Å²) in [7, 11) is 1.30. The van der Waals surface area contributed by atoms with Gasteiger partial charge in [0.05, 0.1) is 20.1 Å². The Kier molecular flexibility index (Phi) is 7.02. The first-order valence-corrected chi connectivity index (χ1v) is 8.27. The number of aryl methyl sites for hydroxylation is 2. The lowest BCUT2D eigenvalue weighted by Crippen LogP contribution is -2.15. The van der Waals surface area contributed by atoms with Crippen LogP contribution < -0.4 is 14.8 Å². The summed E-state index contributed by atoms with van der Waals surface area (Å²) in [4.78, 5) is 23.0. The molecule has 2 aromatic carbocycles. The number of carbonyl (C=O) groups is 2. The van der Waals surface area contributed by atoms with Gasteiger partial charge in [0.25, 0.3) is 0 Å². The predicted octanol–water partition coefficient (Wildman–Crippen LogP) is 3.26. The molecule has 2 aromatic rings. The molecule has 0 heterocycles. The van der Waals surface area contributed by atoms with Crippen molar-refractivity contribution in [3.63, 3.8) is 0 Å². The number of amides is 1. The number of methoxy groups -OCH3 is 1. The Morgan fingerprint density at radius 3 is 2.19 bits per heavy atom. The quantitative estimate of drug-likeness (QED) is 0.734. The highest BCUT2D eigenvalue weighted by Crippen LogP contribution is 2.17. The van der Waals surface area contributed by atoms with Gasteiger partial charge in [0.1, 0.15) is 11.5 Å². The molecule has 0 aliphatic carbocycles. The maximum Gasteiger partial charge on any atom is 0.343 e. The van der Waals surface area contributed by atoms with Crippen molar-refractivity contribution in [2.45, 2.75) is 20.3 Å². The average Bonchev–Trinajstić information content (AvgIpc) is 2.60. The number of benzene rings is 2. The lowest BCUT2D eigenvalue weighted by Gasteiger charge is -2.09. The smallest absolute Gasteiger partial charge is 0.343 e. The number of rotatable bonds is 8. The first kappa shape index (κ1) is 19.3. The molecular formula is C20H23NO5. The van der Waals surface area contributed by atoms with Crippen LogP contribution in [0.5, 0.6) is 11.5 Å². The molecule has 0 radical (unpaired) electrons. The fraction of sp³-hybridized carbons (Fsp3) is 0.300. The Hall–Kier alpha value is -3.02. The van der Waals surface area contributed by atoms with E-state index in [2.05, 4.69) is 16.1 Å². The summed E-state index contributed by atoms with van der Waals surface area (Å²) in [5.41, 5.74) is 2.89. The summed E-state index contributed by atoms with van der Waals surface area (Å²) >= 11 is 0. The molecule has 6 nitrogen and oxygen atoms in total. The van der Waals surface area contributed by atoms with Gasteiger partial charge in [-0.15, -0.1) is 0 Å². The lowest BCUT2D eigenvalue weighted by atomic mass is 10.1. The Morgan fingerprint density at radius 1 is 0.923 bits per heavy atom. The van der Waals surface area contributed by atoms with Crippen LogP contribution in [0.4, 0.5) is 5.69 Å². The highest BCUT2D eigenvalue weighted by atomic mass is 16.6. The third-order valence-electron chi connectivity index (χ3n) is 3.52. The van der Waals surface area contributed by atoms with Gasteiger partial charge in [-0.05, 0) is 61.4 Å². The van der Waals surface area contributed by atoms with Crippen molar-refractivity contribution >= 4 is 17.6 Å². The van der Waals surface area contributed by atoms with Crippen molar-refractivity contribution in [3.8, 4) is 11.5 Å². The molecule has 0 aromatic heterocycles. The number of anilines is 1. The van der Waals surface area contributed by atoms with E-state index in [1.54, 1.807) is 24.3 Å². The monoisotopic (exact) mass is 357 g/mol. The second-order valence-corrected chi connectivity index (χ2v) is 5.86. The number of esters is 1. The summed E-state index contributed by atoms with van der Waals surface area (Å²) in [6.45, 7) is 4.16. The predicted molar refractivity (Wildman–Crippen MR) is 98.6 cm³/mol. The van der Waals surface area contributed by atoms with Crippen LogP contribution in [0, 0.1) is 13.8 Å². The Labute approximate surface area is 153 Å². The molecule has 0 atom stereocenters. The second kappa shape index (κ2) is 9.46. The normalized spacial score (nSPS) is 10.1. The topological polar surface area (TPSA) is 73.9 Å². The number of ether oxygens (including phenoxy) is 3. The van der Waals surface area contributed by atoms with Crippen molar-refractivity contribution in [3.05, 3.63) is 53.6 Å². The molecule has 0 aliphatic heterocycles. The zero-order chi connectivity index (χ0) is 18.9. The molecule has 0 bridgehead atoms. The van der Waals surface area contributed by atoms with Crippen molar-refractivity contribution in [2.24, 2.45) is 0 Å². The summed E-state index contributed by atoms with van der Waals surface area (Å²) in [6, 6.07) is 12.7. The molecule has 2 rings (SSSR count). The van der Waals surface area contributed by atoms with Gasteiger partial charge in [0, 0.05) is 5.69 Å². The Morgan fingerprint density at radius 2 is 1.58 bits per heavy atom. The zero-order valence-electron chi connectivity index (χ0n) is 15.2. The molecule has 1 amide bonds. The first-order chi connectivity index (χ1) is 12.5. The standard InChI is InChI=1S/C20H23NO5/c1-14-10-15(2)12-18(11-14)25-9-8-19(22)21-16-4-6-17(7-5-16)26-13-20(23)24-3/h4-7,10-12H,8-9,13H2,1-3H3,(H,21,22). The summed E-state index contributed by atoms with van der Waals surface area (Å²) in [5, 5.41) is 2.79. The van der Waals surface area contributed by atoms with Crippen LogP contribution in [-0.4, -0.2) is 32.2 Å². The van der Waals surface area contributed by atoms with Gasteiger partial charge in [0.2, 0.25) is 5.91 Å². The van der Waals surface area contributed by atoms with E-state index < -0.39 is 5.97 Å². The molecule has 0 fully saturated rings. The third kappa shape index (κ3) is 6.47. The van der Waals surface area contributed by atoms with E-state index in [-0.39, 0.29) is 18.9 Å². The van der Waals surface area contributed by atoms with Crippen LogP contribution in [0.2, 0.25) is 0 Å². The molecular weight excluding hydrogens is 334 g/mol. The molecule has 1 N–H and O–H groups in total. The lowest BCUT2D eigenvalue weighted by molar-refractivity contribution is -0.142. The molecule has 0 saturated heterocycles. The van der Waals surface area contributed by atoms with Crippen LogP contribution >= 0.6 is 0 Å². The number of carbonyl (C=O) groups excluding carboxylic acids is 2. The number of nitrogens with one attached hydrogen (secondary N) is 1. The average molecular weight is 357 g/mol. The van der Waals surface area contributed by atoms with Crippen molar-refractivity contribution in [1.82, 2.24) is 0 Å². The van der Waals surface area contributed by atoms with Crippen LogP contribution in [0.15, 0.2) is 42.5 Å². The van der Waals surface area contributed by atoms with E-state index in [1.165, 1.54) is 7.11 Å². The second-order valence-electron chi connectivity index (χ2n) is 5.86. The van der Waals surface area contributed by atoms with Gasteiger partial charge >= 0.3 is 5.97 Å². The molecule has 26 heavy (non-hydrogen) atoms. The minimum atomic E-state index is -0.453. The van der Waals surface area contributed by atoms with E-state index in [0.29, 0.717) is 18.0 Å². The fourth-order valence-electron chi connectivity index (χ4n) is 2.34. The largest absolute Gasteiger partial charge is 0.493 e. The first-order valence-electron chi connectivity index (χ1n) is 8.27. The zero-order valence-corrected chi connectivity index (χ0v) is 15.2.